The van der Waals surface area contributed by atoms with Crippen LogP contribution in [0.1, 0.15) is 48.2 Å². The molecule has 6 nitrogen and oxygen atoms in total. The third-order valence-corrected chi connectivity index (χ3v) is 4.23. The summed E-state index contributed by atoms with van der Waals surface area (Å²) in [6.07, 6.45) is 1.98. The van der Waals surface area contributed by atoms with E-state index in [0.29, 0.717) is 17.7 Å². The Bertz CT molecular complexity index is 597. The third kappa shape index (κ3) is 2.18. The van der Waals surface area contributed by atoms with Gasteiger partial charge in [-0.1, -0.05) is 13.3 Å². The molecule has 0 unspecified atom stereocenters. The van der Waals surface area contributed by atoms with E-state index in [4.69, 9.17) is 18.9 Å². The fourth-order valence-electron chi connectivity index (χ4n) is 3.25. The van der Waals surface area contributed by atoms with Gasteiger partial charge in [-0.15, -0.1) is 0 Å². The average Bonchev–Trinajstić information content (AvgIpc) is 2.89. The number of hydrogen-bond acceptors (Lipinski definition) is 6. The van der Waals surface area contributed by atoms with Crippen LogP contribution in [0.4, 0.5) is 0 Å². The first kappa shape index (κ1) is 15.0. The van der Waals surface area contributed by atoms with Gasteiger partial charge in [-0.2, -0.15) is 0 Å². The van der Waals surface area contributed by atoms with Crippen LogP contribution in [0, 0.1) is 0 Å². The minimum Gasteiger partial charge on any atom is -0.504 e. The number of hydrogen-bond donors (Lipinski definition) is 1. The Morgan fingerprint density at radius 3 is 2.77 bits per heavy atom. The molecule has 3 atom stereocenters. The number of benzene rings is 1. The Morgan fingerprint density at radius 1 is 1.36 bits per heavy atom. The molecule has 0 aromatic heterocycles. The third-order valence-electron chi connectivity index (χ3n) is 4.23. The van der Waals surface area contributed by atoms with E-state index in [1.54, 1.807) is 6.07 Å². The van der Waals surface area contributed by atoms with Gasteiger partial charge in [-0.05, 0) is 12.5 Å². The van der Waals surface area contributed by atoms with Crippen molar-refractivity contribution in [1.29, 1.82) is 0 Å². The maximum absolute atomic E-state index is 12.2. The van der Waals surface area contributed by atoms with Gasteiger partial charge >= 0.3 is 5.97 Å². The van der Waals surface area contributed by atoms with Crippen molar-refractivity contribution in [2.75, 3.05) is 14.2 Å². The number of esters is 1. The van der Waals surface area contributed by atoms with E-state index in [-0.39, 0.29) is 35.4 Å². The summed E-state index contributed by atoms with van der Waals surface area (Å²) in [5, 5.41) is 10.3. The predicted molar refractivity (Wildman–Crippen MR) is 77.6 cm³/mol. The van der Waals surface area contributed by atoms with Crippen LogP contribution in [0.2, 0.25) is 0 Å². The zero-order valence-corrected chi connectivity index (χ0v) is 12.9. The molecule has 1 aromatic carbocycles. The summed E-state index contributed by atoms with van der Waals surface area (Å²) in [7, 11) is 2.89. The number of rotatable bonds is 4. The predicted octanol–water partition coefficient (Wildman–Crippen LogP) is 2.58. The smallest absolute Gasteiger partial charge is 0.342 e. The average molecular weight is 308 g/mol. The number of aromatic hydroxyl groups is 1. The molecular formula is C16H20O6. The first-order chi connectivity index (χ1) is 10.6. The Labute approximate surface area is 128 Å². The summed E-state index contributed by atoms with van der Waals surface area (Å²) in [4.78, 5) is 12.2. The lowest BCUT2D eigenvalue weighted by atomic mass is 9.93. The molecule has 0 bridgehead atoms. The highest BCUT2D eigenvalue weighted by Gasteiger charge is 2.46. The molecule has 0 aliphatic carbocycles. The minimum absolute atomic E-state index is 0.0639. The maximum Gasteiger partial charge on any atom is 0.342 e. The van der Waals surface area contributed by atoms with E-state index in [1.165, 1.54) is 14.2 Å². The molecule has 2 aliphatic rings. The van der Waals surface area contributed by atoms with Crippen LogP contribution in [0.5, 0.6) is 17.2 Å². The largest absolute Gasteiger partial charge is 0.504 e. The monoisotopic (exact) mass is 308 g/mol. The van der Waals surface area contributed by atoms with Crippen molar-refractivity contribution in [3.8, 4) is 17.2 Å². The Morgan fingerprint density at radius 2 is 2.14 bits per heavy atom. The molecule has 2 heterocycles. The fraction of sp³-hybridized carbons (Fsp3) is 0.562. The van der Waals surface area contributed by atoms with Crippen molar-refractivity contribution in [2.45, 2.75) is 44.5 Å². The van der Waals surface area contributed by atoms with Gasteiger partial charge < -0.3 is 24.1 Å². The second-order valence-electron chi connectivity index (χ2n) is 5.57. The molecule has 6 heteroatoms. The highest BCUT2D eigenvalue weighted by Crippen LogP contribution is 2.49. The summed E-state index contributed by atoms with van der Waals surface area (Å²) in [5.41, 5.74) is 0.714. The van der Waals surface area contributed by atoms with E-state index in [0.717, 1.165) is 12.8 Å². The number of carbonyl (C=O) groups is 1. The van der Waals surface area contributed by atoms with Crippen LogP contribution in [0.25, 0.3) is 0 Å². The van der Waals surface area contributed by atoms with Crippen LogP contribution >= 0.6 is 0 Å². The highest BCUT2D eigenvalue weighted by atomic mass is 16.6. The maximum atomic E-state index is 12.2. The van der Waals surface area contributed by atoms with Gasteiger partial charge in [0.15, 0.2) is 11.5 Å². The summed E-state index contributed by atoms with van der Waals surface area (Å²) >= 11 is 0. The second kappa shape index (κ2) is 5.68. The van der Waals surface area contributed by atoms with E-state index < -0.39 is 5.97 Å². The van der Waals surface area contributed by atoms with Gasteiger partial charge in [0.1, 0.15) is 17.8 Å². The first-order valence-electron chi connectivity index (χ1n) is 7.44. The molecule has 22 heavy (non-hydrogen) atoms. The summed E-state index contributed by atoms with van der Waals surface area (Å²) in [6.45, 7) is 2.09. The fourth-order valence-corrected chi connectivity index (χ4v) is 3.25. The lowest BCUT2D eigenvalue weighted by Crippen LogP contribution is -2.29. The normalized spacial score (nSPS) is 26.1. The Kier molecular flexibility index (Phi) is 3.87. The number of fused-ring (bicyclic) bond motifs is 3. The first-order valence-corrected chi connectivity index (χ1v) is 7.44. The summed E-state index contributed by atoms with van der Waals surface area (Å²) in [5.74, 6) is -0.312. The van der Waals surface area contributed by atoms with Gasteiger partial charge in [0.05, 0.1) is 20.3 Å². The van der Waals surface area contributed by atoms with Gasteiger partial charge in [0.25, 0.3) is 0 Å². The van der Waals surface area contributed by atoms with Gasteiger partial charge in [0, 0.05) is 12.0 Å². The molecule has 2 aliphatic heterocycles. The Hall–Kier alpha value is -1.95. The quantitative estimate of drug-likeness (QED) is 0.862. The van der Waals surface area contributed by atoms with E-state index in [1.807, 2.05) is 0 Å². The van der Waals surface area contributed by atoms with E-state index in [2.05, 4.69) is 6.92 Å². The van der Waals surface area contributed by atoms with Crippen LogP contribution in [0.15, 0.2) is 6.07 Å². The zero-order valence-electron chi connectivity index (χ0n) is 12.9. The minimum atomic E-state index is -0.546. The van der Waals surface area contributed by atoms with Crippen molar-refractivity contribution in [1.82, 2.24) is 0 Å². The molecule has 120 valence electrons. The molecule has 0 amide bonds. The van der Waals surface area contributed by atoms with Crippen LogP contribution < -0.4 is 9.47 Å². The number of phenols is 1. The zero-order chi connectivity index (χ0) is 15.9. The molecule has 1 saturated heterocycles. The van der Waals surface area contributed by atoms with E-state index in [9.17, 15) is 9.90 Å². The van der Waals surface area contributed by atoms with Crippen LogP contribution in [-0.2, 0) is 9.47 Å². The van der Waals surface area contributed by atoms with Crippen molar-refractivity contribution in [3.63, 3.8) is 0 Å². The molecule has 1 aromatic rings. The molecular weight excluding hydrogens is 288 g/mol. The lowest BCUT2D eigenvalue weighted by Gasteiger charge is -2.28. The molecule has 0 saturated carbocycles. The summed E-state index contributed by atoms with van der Waals surface area (Å²) in [6, 6.07) is 1.69. The van der Waals surface area contributed by atoms with Gasteiger partial charge in [-0.3, -0.25) is 0 Å². The van der Waals surface area contributed by atoms with Crippen molar-refractivity contribution in [2.24, 2.45) is 0 Å². The SMILES string of the molecule is CCC[C@@H]1C[C@@H]2OC(=O)c3c(cc(OC)c(OC)c3O)[C@@H]2O1. The van der Waals surface area contributed by atoms with Crippen molar-refractivity contribution >= 4 is 5.97 Å². The number of ether oxygens (including phenoxy) is 4. The van der Waals surface area contributed by atoms with Crippen molar-refractivity contribution in [3.05, 3.63) is 17.2 Å². The highest BCUT2D eigenvalue weighted by molar-refractivity contribution is 5.97. The number of methoxy groups -OCH3 is 2. The van der Waals surface area contributed by atoms with Gasteiger partial charge in [-0.25, -0.2) is 4.79 Å². The van der Waals surface area contributed by atoms with Crippen molar-refractivity contribution < 1.29 is 28.8 Å². The standard InChI is InChI=1S/C16H20O6/c1-4-5-8-6-11-14(21-8)9-7-10(19-2)15(20-3)13(17)12(9)16(18)22-11/h7-8,11,14,17H,4-6H2,1-3H3/t8-,11+,14+/m1/s1. The lowest BCUT2D eigenvalue weighted by molar-refractivity contribution is -0.0235. The van der Waals surface area contributed by atoms with Crippen LogP contribution in [-0.4, -0.2) is 37.5 Å². The second-order valence-corrected chi connectivity index (χ2v) is 5.57. The molecule has 0 spiro atoms. The summed E-state index contributed by atoms with van der Waals surface area (Å²) < 4.78 is 21.8. The molecule has 1 fully saturated rings. The molecule has 0 radical (unpaired) electrons. The van der Waals surface area contributed by atoms with Crippen LogP contribution in [0.3, 0.4) is 0 Å². The number of phenolic OH excluding ortho intramolecular Hbond substituents is 1. The van der Waals surface area contributed by atoms with Gasteiger partial charge in [0.2, 0.25) is 5.75 Å². The molecule has 1 N–H and O–H groups in total. The number of carbonyl (C=O) groups excluding carboxylic acids is 1. The Balaban J connectivity index is 2.07. The van der Waals surface area contributed by atoms with E-state index >= 15 is 0 Å². The molecule has 3 rings (SSSR count). The topological polar surface area (TPSA) is 74.2 Å².